The van der Waals surface area contributed by atoms with Gasteiger partial charge >= 0.3 is 6.18 Å². The fourth-order valence-corrected chi connectivity index (χ4v) is 0.960. The number of halogens is 3. The Labute approximate surface area is 76.1 Å². The molecule has 1 unspecified atom stereocenters. The van der Waals surface area contributed by atoms with E-state index in [0.717, 1.165) is 0 Å². The van der Waals surface area contributed by atoms with E-state index in [1.807, 2.05) is 6.92 Å². The Morgan fingerprint density at radius 3 is 2.46 bits per heavy atom. The summed E-state index contributed by atoms with van der Waals surface area (Å²) >= 11 is 0. The molecule has 0 aromatic carbocycles. The van der Waals surface area contributed by atoms with Crippen LogP contribution in [0.5, 0.6) is 0 Å². The largest absolute Gasteiger partial charge is 0.396 e. The quantitative estimate of drug-likeness (QED) is 0.682. The first-order chi connectivity index (χ1) is 5.95. The fraction of sp³-hybridized carbons (Fsp3) is 1.00. The van der Waals surface area contributed by atoms with Gasteiger partial charge in [0.1, 0.15) is 0 Å². The fourth-order valence-electron chi connectivity index (χ4n) is 0.960. The molecule has 5 heteroatoms. The van der Waals surface area contributed by atoms with Gasteiger partial charge in [0.15, 0.2) is 0 Å². The van der Waals surface area contributed by atoms with Gasteiger partial charge in [-0.15, -0.1) is 0 Å². The van der Waals surface area contributed by atoms with Gasteiger partial charge in [-0.3, -0.25) is 0 Å². The maximum absolute atomic E-state index is 11.7. The number of aliphatic hydroxyl groups is 1. The lowest BCUT2D eigenvalue weighted by Gasteiger charge is -2.13. The summed E-state index contributed by atoms with van der Waals surface area (Å²) in [5.74, 6) is 0. The molecule has 0 saturated carbocycles. The van der Waals surface area contributed by atoms with Crippen molar-refractivity contribution in [2.45, 2.75) is 38.4 Å². The number of nitrogens with one attached hydrogen (secondary N) is 1. The molecule has 80 valence electrons. The van der Waals surface area contributed by atoms with E-state index in [1.54, 1.807) is 0 Å². The smallest absolute Gasteiger partial charge is 0.390 e. The predicted molar refractivity (Wildman–Crippen MR) is 44.5 cm³/mol. The Bertz CT molecular complexity index is 127. The van der Waals surface area contributed by atoms with Crippen molar-refractivity contribution in [1.29, 1.82) is 0 Å². The summed E-state index contributed by atoms with van der Waals surface area (Å²) in [4.78, 5) is 0. The zero-order chi connectivity index (χ0) is 10.3. The van der Waals surface area contributed by atoms with Gasteiger partial charge < -0.3 is 10.4 Å². The van der Waals surface area contributed by atoms with Crippen LogP contribution < -0.4 is 5.32 Å². The van der Waals surface area contributed by atoms with Gasteiger partial charge in [-0.05, 0) is 19.8 Å². The van der Waals surface area contributed by atoms with E-state index in [1.165, 1.54) is 0 Å². The minimum absolute atomic E-state index is 0.0366. The minimum atomic E-state index is -4.08. The zero-order valence-corrected chi connectivity index (χ0v) is 7.69. The molecule has 0 heterocycles. The average Bonchev–Trinajstić information content (AvgIpc) is 1.98. The predicted octanol–water partition coefficient (Wildman–Crippen LogP) is 1.69. The molecule has 0 aromatic rings. The van der Waals surface area contributed by atoms with Gasteiger partial charge in [0, 0.05) is 19.2 Å². The maximum atomic E-state index is 11.7. The van der Waals surface area contributed by atoms with E-state index in [4.69, 9.17) is 5.11 Å². The number of hydrogen-bond donors (Lipinski definition) is 2. The SMILES string of the molecule is CC(CCCO)NCCC(F)(F)F. The Morgan fingerprint density at radius 2 is 2.00 bits per heavy atom. The van der Waals surface area contributed by atoms with Crippen LogP contribution in [0.4, 0.5) is 13.2 Å². The van der Waals surface area contributed by atoms with Crippen molar-refractivity contribution in [1.82, 2.24) is 5.32 Å². The normalized spacial score (nSPS) is 14.5. The van der Waals surface area contributed by atoms with Crippen LogP contribution in [0, 0.1) is 0 Å². The highest BCUT2D eigenvalue weighted by molar-refractivity contribution is 4.62. The monoisotopic (exact) mass is 199 g/mol. The lowest BCUT2D eigenvalue weighted by atomic mass is 10.2. The van der Waals surface area contributed by atoms with Crippen LogP contribution in [0.15, 0.2) is 0 Å². The molecule has 0 rings (SSSR count). The van der Waals surface area contributed by atoms with Crippen LogP contribution in [0.2, 0.25) is 0 Å². The molecule has 1 atom stereocenters. The molecule has 2 nitrogen and oxygen atoms in total. The van der Waals surface area contributed by atoms with Crippen LogP contribution in [0.3, 0.4) is 0 Å². The summed E-state index contributed by atoms with van der Waals surface area (Å²) < 4.78 is 35.0. The topological polar surface area (TPSA) is 32.3 Å². The van der Waals surface area contributed by atoms with Gasteiger partial charge in [0.05, 0.1) is 6.42 Å². The third-order valence-corrected chi connectivity index (χ3v) is 1.70. The van der Waals surface area contributed by atoms with Crippen molar-refractivity contribution in [3.63, 3.8) is 0 Å². The molecular formula is C8H16F3NO. The van der Waals surface area contributed by atoms with Crippen molar-refractivity contribution in [3.8, 4) is 0 Å². The minimum Gasteiger partial charge on any atom is -0.396 e. The molecule has 0 aromatic heterocycles. The van der Waals surface area contributed by atoms with E-state index in [0.29, 0.717) is 12.8 Å². The van der Waals surface area contributed by atoms with Gasteiger partial charge in [0.25, 0.3) is 0 Å². The standard InChI is InChI=1S/C8H16F3NO/c1-7(3-2-6-13)12-5-4-8(9,10)11/h7,12-13H,2-6H2,1H3. The number of rotatable bonds is 6. The third-order valence-electron chi connectivity index (χ3n) is 1.70. The third kappa shape index (κ3) is 9.63. The Kier molecular flexibility index (Phi) is 6.07. The lowest BCUT2D eigenvalue weighted by Crippen LogP contribution is -2.30. The number of aliphatic hydroxyl groups excluding tert-OH is 1. The number of alkyl halides is 3. The van der Waals surface area contributed by atoms with Crippen LogP contribution in [0.1, 0.15) is 26.2 Å². The summed E-state index contributed by atoms with van der Waals surface area (Å²) in [5.41, 5.74) is 0. The van der Waals surface area contributed by atoms with Crippen LogP contribution in [-0.4, -0.2) is 30.5 Å². The molecule has 0 fully saturated rings. The Hall–Kier alpha value is -0.290. The second-order valence-corrected chi connectivity index (χ2v) is 3.09. The van der Waals surface area contributed by atoms with E-state index in [2.05, 4.69) is 5.32 Å². The van der Waals surface area contributed by atoms with E-state index in [9.17, 15) is 13.2 Å². The molecule has 0 aliphatic heterocycles. The molecular weight excluding hydrogens is 183 g/mol. The van der Waals surface area contributed by atoms with Crippen LogP contribution in [-0.2, 0) is 0 Å². The molecule has 0 radical (unpaired) electrons. The second kappa shape index (κ2) is 6.21. The second-order valence-electron chi connectivity index (χ2n) is 3.09. The molecule has 0 aliphatic carbocycles. The van der Waals surface area contributed by atoms with Gasteiger partial charge in [-0.25, -0.2) is 0 Å². The van der Waals surface area contributed by atoms with Gasteiger partial charge in [-0.1, -0.05) is 0 Å². The summed E-state index contributed by atoms with van der Waals surface area (Å²) in [6, 6.07) is 0.0366. The number of hydrogen-bond acceptors (Lipinski definition) is 2. The first-order valence-corrected chi connectivity index (χ1v) is 4.36. The highest BCUT2D eigenvalue weighted by atomic mass is 19.4. The van der Waals surface area contributed by atoms with E-state index in [-0.39, 0.29) is 19.2 Å². The molecule has 13 heavy (non-hydrogen) atoms. The molecule has 0 amide bonds. The first-order valence-electron chi connectivity index (χ1n) is 4.36. The van der Waals surface area contributed by atoms with Gasteiger partial charge in [0.2, 0.25) is 0 Å². The van der Waals surface area contributed by atoms with Crippen molar-refractivity contribution in [3.05, 3.63) is 0 Å². The molecule has 0 aliphatic rings. The van der Waals surface area contributed by atoms with Crippen molar-refractivity contribution in [2.24, 2.45) is 0 Å². The average molecular weight is 199 g/mol. The van der Waals surface area contributed by atoms with E-state index >= 15 is 0 Å². The first kappa shape index (κ1) is 12.7. The van der Waals surface area contributed by atoms with Crippen LogP contribution >= 0.6 is 0 Å². The molecule has 0 spiro atoms. The van der Waals surface area contributed by atoms with Crippen LogP contribution in [0.25, 0.3) is 0 Å². The van der Waals surface area contributed by atoms with Gasteiger partial charge in [-0.2, -0.15) is 13.2 Å². The highest BCUT2D eigenvalue weighted by Gasteiger charge is 2.26. The summed E-state index contributed by atoms with van der Waals surface area (Å²) in [5, 5.41) is 11.2. The zero-order valence-electron chi connectivity index (χ0n) is 7.69. The summed E-state index contributed by atoms with van der Waals surface area (Å²) in [7, 11) is 0. The maximum Gasteiger partial charge on any atom is 0.390 e. The Balaban J connectivity index is 3.31. The molecule has 0 saturated heterocycles. The highest BCUT2D eigenvalue weighted by Crippen LogP contribution is 2.18. The summed E-state index contributed by atoms with van der Waals surface area (Å²) in [6.45, 7) is 1.85. The van der Waals surface area contributed by atoms with Crippen molar-refractivity contribution in [2.75, 3.05) is 13.2 Å². The summed E-state index contributed by atoms with van der Waals surface area (Å²) in [6.07, 6.45) is -3.55. The van der Waals surface area contributed by atoms with E-state index < -0.39 is 12.6 Å². The van der Waals surface area contributed by atoms with Crippen molar-refractivity contribution >= 4 is 0 Å². The molecule has 0 bridgehead atoms. The lowest BCUT2D eigenvalue weighted by molar-refractivity contribution is -0.133. The Morgan fingerprint density at radius 1 is 1.38 bits per heavy atom. The molecule has 2 N–H and O–H groups in total. The van der Waals surface area contributed by atoms with Crippen molar-refractivity contribution < 1.29 is 18.3 Å².